The van der Waals surface area contributed by atoms with E-state index in [9.17, 15) is 4.79 Å². The Morgan fingerprint density at radius 1 is 0.920 bits per heavy atom. The van der Waals surface area contributed by atoms with Crippen molar-refractivity contribution in [1.29, 1.82) is 0 Å². The topological polar surface area (TPSA) is 66.0 Å². The molecule has 0 saturated heterocycles. The molecule has 1 N–H and O–H groups in total. The Hall–Kier alpha value is -2.89. The highest BCUT2D eigenvalue weighted by atomic mass is 16.5. The molecule has 0 aliphatic heterocycles. The standard InChI is InChI=1S/C19H23NO5/c1-13(25-17-8-6-5-7-15(17)22-2)19(21)20-12-14-9-10-16(23-3)18(11-14)24-4/h5-11,13H,12H2,1-4H3,(H,20,21)/t13-/m0/s1. The van der Waals surface area contributed by atoms with Crippen LogP contribution in [0, 0.1) is 0 Å². The molecule has 2 rings (SSSR count). The van der Waals surface area contributed by atoms with E-state index in [1.54, 1.807) is 46.5 Å². The maximum atomic E-state index is 12.3. The van der Waals surface area contributed by atoms with Crippen LogP contribution < -0.4 is 24.3 Å². The van der Waals surface area contributed by atoms with Gasteiger partial charge in [-0.15, -0.1) is 0 Å². The summed E-state index contributed by atoms with van der Waals surface area (Å²) >= 11 is 0. The summed E-state index contributed by atoms with van der Waals surface area (Å²) in [5.74, 6) is 2.15. The Kier molecular flexibility index (Phi) is 6.51. The first kappa shape index (κ1) is 18.4. The second-order valence-corrected chi connectivity index (χ2v) is 5.32. The van der Waals surface area contributed by atoms with Crippen molar-refractivity contribution >= 4 is 5.91 Å². The lowest BCUT2D eigenvalue weighted by molar-refractivity contribution is -0.127. The van der Waals surface area contributed by atoms with Gasteiger partial charge in [0.2, 0.25) is 0 Å². The van der Waals surface area contributed by atoms with Gasteiger partial charge in [0.25, 0.3) is 5.91 Å². The van der Waals surface area contributed by atoms with Gasteiger partial charge >= 0.3 is 0 Å². The third-order valence-electron chi connectivity index (χ3n) is 3.66. The van der Waals surface area contributed by atoms with Crippen LogP contribution in [-0.2, 0) is 11.3 Å². The van der Waals surface area contributed by atoms with Crippen molar-refractivity contribution in [3.05, 3.63) is 48.0 Å². The van der Waals surface area contributed by atoms with E-state index in [1.165, 1.54) is 0 Å². The summed E-state index contributed by atoms with van der Waals surface area (Å²) in [5, 5.41) is 2.84. The first-order valence-corrected chi connectivity index (χ1v) is 7.87. The second kappa shape index (κ2) is 8.82. The molecule has 0 spiro atoms. The van der Waals surface area contributed by atoms with Crippen LogP contribution in [0.4, 0.5) is 0 Å². The number of hydrogen-bond acceptors (Lipinski definition) is 5. The van der Waals surface area contributed by atoms with Crippen LogP contribution in [0.5, 0.6) is 23.0 Å². The molecule has 0 aliphatic carbocycles. The summed E-state index contributed by atoms with van der Waals surface area (Å²) in [5.41, 5.74) is 0.899. The Morgan fingerprint density at radius 3 is 2.16 bits per heavy atom. The quantitative estimate of drug-likeness (QED) is 0.797. The highest BCUT2D eigenvalue weighted by molar-refractivity contribution is 5.80. The van der Waals surface area contributed by atoms with Crippen LogP contribution in [-0.4, -0.2) is 33.3 Å². The molecular formula is C19H23NO5. The smallest absolute Gasteiger partial charge is 0.261 e. The normalized spacial score (nSPS) is 11.4. The van der Waals surface area contributed by atoms with E-state index in [2.05, 4.69) is 5.32 Å². The molecule has 1 amide bonds. The molecule has 0 unspecified atom stereocenters. The van der Waals surface area contributed by atoms with E-state index in [-0.39, 0.29) is 5.91 Å². The molecule has 0 radical (unpaired) electrons. The molecule has 0 fully saturated rings. The van der Waals surface area contributed by atoms with Gasteiger partial charge in [0.1, 0.15) is 0 Å². The summed E-state index contributed by atoms with van der Waals surface area (Å²) in [7, 11) is 4.71. The van der Waals surface area contributed by atoms with Crippen LogP contribution in [0.15, 0.2) is 42.5 Å². The molecule has 25 heavy (non-hydrogen) atoms. The summed E-state index contributed by atoms with van der Waals surface area (Å²) in [6.45, 7) is 2.05. The Labute approximate surface area is 147 Å². The minimum atomic E-state index is -0.656. The largest absolute Gasteiger partial charge is 0.493 e. The highest BCUT2D eigenvalue weighted by Crippen LogP contribution is 2.28. The van der Waals surface area contributed by atoms with Gasteiger partial charge in [-0.3, -0.25) is 4.79 Å². The minimum absolute atomic E-state index is 0.222. The van der Waals surface area contributed by atoms with Gasteiger partial charge in [0, 0.05) is 6.54 Å². The Balaban J connectivity index is 1.95. The molecule has 1 atom stereocenters. The molecule has 2 aromatic carbocycles. The molecule has 6 heteroatoms. The molecule has 6 nitrogen and oxygen atoms in total. The fraction of sp³-hybridized carbons (Fsp3) is 0.316. The van der Waals surface area contributed by atoms with E-state index in [0.29, 0.717) is 29.5 Å². The molecule has 0 saturated carbocycles. The van der Waals surface area contributed by atoms with Gasteiger partial charge < -0.3 is 24.3 Å². The predicted molar refractivity (Wildman–Crippen MR) is 94.5 cm³/mol. The van der Waals surface area contributed by atoms with Crippen LogP contribution in [0.1, 0.15) is 12.5 Å². The summed E-state index contributed by atoms with van der Waals surface area (Å²) in [6.07, 6.45) is -0.656. The predicted octanol–water partition coefficient (Wildman–Crippen LogP) is 2.80. The summed E-state index contributed by atoms with van der Waals surface area (Å²) in [4.78, 5) is 12.3. The zero-order chi connectivity index (χ0) is 18.2. The maximum absolute atomic E-state index is 12.3. The molecule has 0 bridgehead atoms. The number of hydrogen-bond donors (Lipinski definition) is 1. The van der Waals surface area contributed by atoms with E-state index in [4.69, 9.17) is 18.9 Å². The monoisotopic (exact) mass is 345 g/mol. The zero-order valence-corrected chi connectivity index (χ0v) is 14.9. The molecular weight excluding hydrogens is 322 g/mol. The molecule has 0 heterocycles. The van der Waals surface area contributed by atoms with E-state index >= 15 is 0 Å². The fourth-order valence-electron chi connectivity index (χ4n) is 2.28. The van der Waals surface area contributed by atoms with E-state index in [1.807, 2.05) is 24.3 Å². The van der Waals surface area contributed by atoms with Crippen LogP contribution in [0.25, 0.3) is 0 Å². The number of ether oxygens (including phenoxy) is 4. The van der Waals surface area contributed by atoms with Crippen molar-refractivity contribution in [2.45, 2.75) is 19.6 Å². The number of carbonyl (C=O) groups is 1. The van der Waals surface area contributed by atoms with Gasteiger partial charge in [0.05, 0.1) is 21.3 Å². The fourth-order valence-corrected chi connectivity index (χ4v) is 2.28. The first-order valence-electron chi connectivity index (χ1n) is 7.87. The second-order valence-electron chi connectivity index (χ2n) is 5.32. The van der Waals surface area contributed by atoms with Crippen LogP contribution in [0.2, 0.25) is 0 Å². The zero-order valence-electron chi connectivity index (χ0n) is 14.9. The van der Waals surface area contributed by atoms with Gasteiger partial charge in [-0.05, 0) is 36.8 Å². The number of carbonyl (C=O) groups excluding carboxylic acids is 1. The molecule has 0 aliphatic rings. The number of rotatable bonds is 8. The Bertz CT molecular complexity index is 717. The van der Waals surface area contributed by atoms with Crippen molar-refractivity contribution in [2.75, 3.05) is 21.3 Å². The van der Waals surface area contributed by atoms with E-state index < -0.39 is 6.10 Å². The van der Waals surface area contributed by atoms with Crippen molar-refractivity contribution in [3.63, 3.8) is 0 Å². The summed E-state index contributed by atoms with van der Waals surface area (Å²) < 4.78 is 21.4. The maximum Gasteiger partial charge on any atom is 0.261 e. The lowest BCUT2D eigenvalue weighted by Gasteiger charge is -2.17. The molecule has 2 aromatic rings. The van der Waals surface area contributed by atoms with Crippen molar-refractivity contribution < 1.29 is 23.7 Å². The van der Waals surface area contributed by atoms with Gasteiger partial charge in [-0.25, -0.2) is 0 Å². The van der Waals surface area contributed by atoms with Crippen molar-refractivity contribution in [3.8, 4) is 23.0 Å². The highest BCUT2D eigenvalue weighted by Gasteiger charge is 2.16. The number of benzene rings is 2. The third kappa shape index (κ3) is 4.79. The van der Waals surface area contributed by atoms with Crippen LogP contribution in [0.3, 0.4) is 0 Å². The van der Waals surface area contributed by atoms with Crippen molar-refractivity contribution in [1.82, 2.24) is 5.32 Å². The molecule has 134 valence electrons. The lowest BCUT2D eigenvalue weighted by Crippen LogP contribution is -2.35. The lowest BCUT2D eigenvalue weighted by atomic mass is 10.2. The number of methoxy groups -OCH3 is 3. The summed E-state index contributed by atoms with van der Waals surface area (Å²) in [6, 6.07) is 12.7. The third-order valence-corrected chi connectivity index (χ3v) is 3.66. The molecule has 0 aromatic heterocycles. The van der Waals surface area contributed by atoms with Crippen molar-refractivity contribution in [2.24, 2.45) is 0 Å². The SMILES string of the molecule is COc1ccc(CNC(=O)[C@H](C)Oc2ccccc2OC)cc1OC. The van der Waals surface area contributed by atoms with Crippen LogP contribution >= 0.6 is 0 Å². The number of amides is 1. The minimum Gasteiger partial charge on any atom is -0.493 e. The van der Waals surface area contributed by atoms with Gasteiger partial charge in [0.15, 0.2) is 29.1 Å². The number of para-hydroxylation sites is 2. The van der Waals surface area contributed by atoms with E-state index in [0.717, 1.165) is 5.56 Å². The Morgan fingerprint density at radius 2 is 1.52 bits per heavy atom. The van der Waals surface area contributed by atoms with Gasteiger partial charge in [-0.1, -0.05) is 18.2 Å². The average molecular weight is 345 g/mol. The van der Waals surface area contributed by atoms with Gasteiger partial charge in [-0.2, -0.15) is 0 Å². The number of nitrogens with one attached hydrogen (secondary N) is 1. The first-order chi connectivity index (χ1) is 12.1. The average Bonchev–Trinajstić information content (AvgIpc) is 2.66.